The van der Waals surface area contributed by atoms with E-state index in [4.69, 9.17) is 16.3 Å². The van der Waals surface area contributed by atoms with Crippen LogP contribution in [0.2, 0.25) is 5.02 Å². The first-order valence-electron chi connectivity index (χ1n) is 6.96. The second-order valence-corrected chi connectivity index (χ2v) is 7.07. The van der Waals surface area contributed by atoms with Gasteiger partial charge in [-0.15, -0.1) is 0 Å². The van der Waals surface area contributed by atoms with E-state index in [1.54, 1.807) is 4.90 Å². The summed E-state index contributed by atoms with van der Waals surface area (Å²) in [7, 11) is 0. The molecule has 0 spiro atoms. The topological polar surface area (TPSA) is 13.7 Å². The number of benzene rings is 1. The zero-order valence-electron chi connectivity index (χ0n) is 11.6. The van der Waals surface area contributed by atoms with E-state index in [1.807, 2.05) is 18.2 Å². The Hall–Kier alpha value is -0.250. The molecule has 2 atom stereocenters. The van der Waals surface area contributed by atoms with Crippen LogP contribution in [0.5, 0.6) is 5.75 Å². The number of halogens is 2. The number of quaternary nitrogens is 1. The lowest BCUT2D eigenvalue weighted by Crippen LogP contribution is -3.14. The first-order valence-corrected chi connectivity index (χ1v) is 8.13. The molecule has 1 aromatic rings. The molecule has 2 nitrogen and oxygen atoms in total. The first kappa shape index (κ1) is 15.1. The van der Waals surface area contributed by atoms with Gasteiger partial charge in [-0.2, -0.15) is 0 Å². The quantitative estimate of drug-likeness (QED) is 0.884. The Morgan fingerprint density at radius 2 is 2.00 bits per heavy atom. The first-order chi connectivity index (χ1) is 9.04. The summed E-state index contributed by atoms with van der Waals surface area (Å²) in [6.07, 6.45) is 1.37. The molecule has 0 amide bonds. The molecule has 1 N–H and O–H groups in total. The molecule has 2 rings (SSSR count). The molecule has 106 valence electrons. The molecule has 1 aliphatic rings. The predicted molar refractivity (Wildman–Crippen MR) is 83.2 cm³/mol. The summed E-state index contributed by atoms with van der Waals surface area (Å²) in [4.78, 5) is 1.66. The van der Waals surface area contributed by atoms with Crippen LogP contribution in [0.1, 0.15) is 20.3 Å². The minimum absolute atomic E-state index is 0.725. The van der Waals surface area contributed by atoms with Gasteiger partial charge in [-0.25, -0.2) is 0 Å². The fourth-order valence-corrected chi connectivity index (χ4v) is 3.82. The second kappa shape index (κ2) is 6.96. The molecule has 19 heavy (non-hydrogen) atoms. The lowest BCUT2D eigenvalue weighted by Gasteiger charge is -2.31. The van der Waals surface area contributed by atoms with Crippen molar-refractivity contribution in [3.63, 3.8) is 0 Å². The van der Waals surface area contributed by atoms with E-state index in [9.17, 15) is 0 Å². The Morgan fingerprint density at radius 3 is 2.63 bits per heavy atom. The van der Waals surface area contributed by atoms with Crippen LogP contribution >= 0.6 is 27.5 Å². The minimum atomic E-state index is 0.725. The van der Waals surface area contributed by atoms with Gasteiger partial charge in [0.05, 0.1) is 17.6 Å². The van der Waals surface area contributed by atoms with Gasteiger partial charge in [0.15, 0.2) is 0 Å². The number of rotatable bonds is 4. The van der Waals surface area contributed by atoms with E-state index >= 15 is 0 Å². The molecule has 1 aromatic carbocycles. The van der Waals surface area contributed by atoms with E-state index in [0.717, 1.165) is 40.2 Å². The van der Waals surface area contributed by atoms with Crippen molar-refractivity contribution < 1.29 is 9.64 Å². The number of hydrogen-bond acceptors (Lipinski definition) is 1. The Balaban J connectivity index is 1.80. The van der Waals surface area contributed by atoms with E-state index < -0.39 is 0 Å². The van der Waals surface area contributed by atoms with Crippen molar-refractivity contribution >= 4 is 27.5 Å². The molecular formula is C15H22BrClNO+. The van der Waals surface area contributed by atoms with Crippen LogP contribution in [0.4, 0.5) is 0 Å². The van der Waals surface area contributed by atoms with Crippen molar-refractivity contribution in [3.05, 3.63) is 27.7 Å². The van der Waals surface area contributed by atoms with E-state index in [-0.39, 0.29) is 0 Å². The summed E-state index contributed by atoms with van der Waals surface area (Å²) in [5.74, 6) is 2.55. The van der Waals surface area contributed by atoms with Crippen LogP contribution in [0.3, 0.4) is 0 Å². The van der Waals surface area contributed by atoms with Crippen LogP contribution in [-0.4, -0.2) is 26.2 Å². The average Bonchev–Trinajstić information content (AvgIpc) is 2.30. The maximum atomic E-state index is 5.92. The Kier molecular flexibility index (Phi) is 5.55. The molecule has 0 aliphatic carbocycles. The smallest absolute Gasteiger partial charge is 0.137 e. The van der Waals surface area contributed by atoms with Crippen LogP contribution in [0, 0.1) is 11.8 Å². The number of likely N-dealkylation sites (tertiary alicyclic amines) is 1. The molecular weight excluding hydrogens is 326 g/mol. The fraction of sp³-hybridized carbons (Fsp3) is 0.600. The third-order valence-electron chi connectivity index (χ3n) is 3.69. The molecule has 0 unspecified atom stereocenters. The lowest BCUT2D eigenvalue weighted by molar-refractivity contribution is -0.912. The number of piperidine rings is 1. The standard InChI is InChI=1S/C15H21BrClNO/c1-11-7-12(2)10-18(9-11)5-6-19-15-4-3-13(17)8-14(15)16/h3-4,8,11-12H,5-7,9-10H2,1-2H3/p+1/t11-,12-/m0/s1. The molecule has 1 saturated heterocycles. The highest BCUT2D eigenvalue weighted by molar-refractivity contribution is 9.10. The van der Waals surface area contributed by atoms with Crippen molar-refractivity contribution in [1.29, 1.82) is 0 Å². The summed E-state index contributed by atoms with van der Waals surface area (Å²) in [5, 5.41) is 0.725. The normalized spacial score (nSPS) is 27.3. The number of nitrogens with one attached hydrogen (secondary N) is 1. The summed E-state index contributed by atoms with van der Waals surface area (Å²) >= 11 is 9.39. The highest BCUT2D eigenvalue weighted by Gasteiger charge is 2.24. The molecule has 0 radical (unpaired) electrons. The largest absolute Gasteiger partial charge is 0.487 e. The highest BCUT2D eigenvalue weighted by Crippen LogP contribution is 2.27. The van der Waals surface area contributed by atoms with Crippen molar-refractivity contribution in [1.82, 2.24) is 0 Å². The third kappa shape index (κ3) is 4.66. The van der Waals surface area contributed by atoms with Crippen molar-refractivity contribution in [3.8, 4) is 5.75 Å². The van der Waals surface area contributed by atoms with Gasteiger partial charge in [-0.05, 0) is 40.5 Å². The Morgan fingerprint density at radius 1 is 1.32 bits per heavy atom. The molecule has 1 aliphatic heterocycles. The van der Waals surface area contributed by atoms with Gasteiger partial charge in [0.1, 0.15) is 18.9 Å². The maximum absolute atomic E-state index is 5.92. The number of hydrogen-bond donors (Lipinski definition) is 1. The van der Waals surface area contributed by atoms with Crippen LogP contribution < -0.4 is 9.64 Å². The van der Waals surface area contributed by atoms with Crippen molar-refractivity contribution in [2.24, 2.45) is 11.8 Å². The summed E-state index contributed by atoms with van der Waals surface area (Å²) in [5.41, 5.74) is 0. The molecule has 0 saturated carbocycles. The predicted octanol–water partition coefficient (Wildman–Crippen LogP) is 3.04. The second-order valence-electron chi connectivity index (χ2n) is 5.78. The van der Waals surface area contributed by atoms with E-state index in [0.29, 0.717) is 0 Å². The summed E-state index contributed by atoms with van der Waals surface area (Å²) < 4.78 is 6.76. The van der Waals surface area contributed by atoms with Crippen LogP contribution in [-0.2, 0) is 0 Å². The van der Waals surface area contributed by atoms with Gasteiger partial charge in [-0.1, -0.05) is 25.4 Å². The summed E-state index contributed by atoms with van der Waals surface area (Å²) in [6, 6.07) is 5.65. The molecule has 1 fully saturated rings. The zero-order valence-corrected chi connectivity index (χ0v) is 13.9. The van der Waals surface area contributed by atoms with Crippen molar-refractivity contribution in [2.75, 3.05) is 26.2 Å². The Labute approximate surface area is 129 Å². The van der Waals surface area contributed by atoms with Gasteiger partial charge in [-0.3, -0.25) is 0 Å². The monoisotopic (exact) mass is 346 g/mol. The number of ether oxygens (including phenoxy) is 1. The highest BCUT2D eigenvalue weighted by atomic mass is 79.9. The Bertz CT molecular complexity index is 417. The zero-order chi connectivity index (χ0) is 13.8. The fourth-order valence-electron chi connectivity index (χ4n) is 3.02. The van der Waals surface area contributed by atoms with Crippen molar-refractivity contribution in [2.45, 2.75) is 20.3 Å². The average molecular weight is 348 g/mol. The third-order valence-corrected chi connectivity index (χ3v) is 4.54. The van der Waals surface area contributed by atoms with Crippen LogP contribution in [0.25, 0.3) is 0 Å². The van der Waals surface area contributed by atoms with E-state index in [1.165, 1.54) is 19.5 Å². The van der Waals surface area contributed by atoms with Gasteiger partial charge in [0.25, 0.3) is 0 Å². The van der Waals surface area contributed by atoms with Gasteiger partial charge < -0.3 is 9.64 Å². The van der Waals surface area contributed by atoms with Gasteiger partial charge >= 0.3 is 0 Å². The summed E-state index contributed by atoms with van der Waals surface area (Å²) in [6.45, 7) is 9.09. The SMILES string of the molecule is C[C@H]1C[C@H](C)C[NH+](CCOc2ccc(Cl)cc2Br)C1. The molecule has 0 aromatic heterocycles. The molecule has 4 heteroatoms. The molecule has 0 bridgehead atoms. The molecule has 1 heterocycles. The van der Waals surface area contributed by atoms with Gasteiger partial charge in [0, 0.05) is 16.9 Å². The van der Waals surface area contributed by atoms with Gasteiger partial charge in [0.2, 0.25) is 0 Å². The minimum Gasteiger partial charge on any atom is -0.487 e. The lowest BCUT2D eigenvalue weighted by atomic mass is 9.92. The van der Waals surface area contributed by atoms with Crippen LogP contribution in [0.15, 0.2) is 22.7 Å². The maximum Gasteiger partial charge on any atom is 0.137 e. The van der Waals surface area contributed by atoms with E-state index in [2.05, 4.69) is 29.8 Å².